The van der Waals surface area contributed by atoms with Crippen LogP contribution in [0.15, 0.2) is 60.7 Å². The first-order valence-corrected chi connectivity index (χ1v) is 23.6. The second-order valence-electron chi connectivity index (χ2n) is 15.8. The van der Waals surface area contributed by atoms with Gasteiger partial charge in [0.25, 0.3) is 6.47 Å². The van der Waals surface area contributed by atoms with E-state index in [-0.39, 0.29) is 68.8 Å². The Labute approximate surface area is 412 Å². The van der Waals surface area contributed by atoms with Crippen molar-refractivity contribution >= 4 is 94.6 Å². The van der Waals surface area contributed by atoms with Crippen molar-refractivity contribution in [3.8, 4) is 0 Å². The molecule has 0 saturated heterocycles. The number of rotatable bonds is 35. The number of amides is 4. The summed E-state index contributed by atoms with van der Waals surface area (Å²) in [6.07, 6.45) is -2.77. The molecule has 23 nitrogen and oxygen atoms in total. The smallest absolute Gasteiger partial charge is 0.326 e. The van der Waals surface area contributed by atoms with Gasteiger partial charge in [-0.3, -0.25) is 47.9 Å². The lowest BCUT2D eigenvalue weighted by molar-refractivity contribution is -0.144. The maximum atomic E-state index is 14.1. The number of carboxylic acid groups (broad SMARTS) is 4. The molecule has 382 valence electrons. The summed E-state index contributed by atoms with van der Waals surface area (Å²) in [6.45, 7) is -0.657. The molecule has 0 unspecified atom stereocenters. The van der Waals surface area contributed by atoms with Crippen LogP contribution >= 0.6 is 24.0 Å². The predicted molar refractivity (Wildman–Crippen MR) is 255 cm³/mol. The van der Waals surface area contributed by atoms with E-state index >= 15 is 0 Å². The fourth-order valence-corrected chi connectivity index (χ4v) is 7.57. The molecule has 25 heteroatoms. The Morgan fingerprint density at radius 3 is 1.80 bits per heavy atom. The molecule has 4 amide bonds. The maximum Gasteiger partial charge on any atom is 0.326 e. The average molecular weight is 1020 g/mol. The van der Waals surface area contributed by atoms with Crippen LogP contribution in [0.2, 0.25) is 0 Å². The Morgan fingerprint density at radius 1 is 0.643 bits per heavy atom. The quantitative estimate of drug-likeness (QED) is 0.0236. The highest BCUT2D eigenvalue weighted by molar-refractivity contribution is 7.98. The molecule has 0 fully saturated rings. The second-order valence-corrected chi connectivity index (χ2v) is 17.2. The van der Waals surface area contributed by atoms with Crippen LogP contribution in [0.25, 0.3) is 0 Å². The van der Waals surface area contributed by atoms with Crippen LogP contribution < -0.4 is 37.6 Å². The third kappa shape index (κ3) is 23.8. The molecule has 0 aliphatic rings. The highest BCUT2D eigenvalue weighted by atomic mass is 32.2. The molecular formula is C45H59N7O16S2. The number of thiocarbonyl (C=S) groups is 1. The van der Waals surface area contributed by atoms with E-state index in [1.54, 1.807) is 66.9 Å². The monoisotopic (exact) mass is 1020 g/mol. The summed E-state index contributed by atoms with van der Waals surface area (Å²) in [5.41, 5.74) is 7.40. The molecule has 0 heterocycles. The number of nitrogens with two attached hydrogens (primary N) is 1. The number of carboxylic acids is 4. The zero-order valence-electron chi connectivity index (χ0n) is 38.2. The molecule has 70 heavy (non-hydrogen) atoms. The summed E-state index contributed by atoms with van der Waals surface area (Å²) in [7, 11) is 0. The number of hydrogen-bond donors (Lipinski definition) is 11. The third-order valence-electron chi connectivity index (χ3n) is 10.3. The van der Waals surface area contributed by atoms with Crippen molar-refractivity contribution in [1.29, 1.82) is 0 Å². The second kappa shape index (κ2) is 31.9. The Balaban J connectivity index is 2.12. The normalized spacial score (nSPS) is 13.7. The zero-order chi connectivity index (χ0) is 52.2. The first-order chi connectivity index (χ1) is 33.2. The summed E-state index contributed by atoms with van der Waals surface area (Å²) in [5, 5.41) is 52.1. The zero-order valence-corrected chi connectivity index (χ0v) is 39.8. The van der Waals surface area contributed by atoms with Crippen LogP contribution in [-0.2, 0) is 70.3 Å². The number of nitrogens with one attached hydrogen (secondary N) is 6. The summed E-state index contributed by atoms with van der Waals surface area (Å²) in [4.78, 5) is 137. The van der Waals surface area contributed by atoms with E-state index in [4.69, 9.17) is 27.8 Å². The molecular weight excluding hydrogens is 959 g/mol. The van der Waals surface area contributed by atoms with Gasteiger partial charge in [-0.15, -0.1) is 0 Å². The van der Waals surface area contributed by atoms with Crippen molar-refractivity contribution in [3.63, 3.8) is 0 Å². The van der Waals surface area contributed by atoms with Gasteiger partial charge in [0.2, 0.25) is 23.6 Å². The van der Waals surface area contributed by atoms with Crippen molar-refractivity contribution in [2.45, 2.75) is 94.6 Å². The van der Waals surface area contributed by atoms with Gasteiger partial charge in [-0.05, 0) is 48.9 Å². The highest BCUT2D eigenvalue weighted by Gasteiger charge is 2.32. The molecule has 2 aromatic carbocycles. The molecule has 0 aromatic heterocycles. The number of carbonyl (C=O) groups is 11. The highest BCUT2D eigenvalue weighted by Crippen LogP contribution is 2.17. The molecule has 0 aliphatic heterocycles. The van der Waals surface area contributed by atoms with Gasteiger partial charge in [0.05, 0.1) is 30.8 Å². The van der Waals surface area contributed by atoms with Crippen LogP contribution in [0.3, 0.4) is 0 Å². The van der Waals surface area contributed by atoms with Crippen LogP contribution in [0.4, 0.5) is 0 Å². The number of aliphatic carboxylic acids is 4. The average Bonchev–Trinajstić information content (AvgIpc) is 3.30. The number of Topliss-reactive ketones (excluding diaryl/α,β-unsaturated/α-hetero) is 2. The number of hydrogen-bond acceptors (Lipinski definition) is 15. The van der Waals surface area contributed by atoms with Crippen molar-refractivity contribution in [2.24, 2.45) is 17.6 Å². The van der Waals surface area contributed by atoms with E-state index in [1.165, 1.54) is 11.8 Å². The fourth-order valence-electron chi connectivity index (χ4n) is 6.63. The van der Waals surface area contributed by atoms with Gasteiger partial charge in [0.1, 0.15) is 12.1 Å². The maximum absolute atomic E-state index is 14.1. The lowest BCUT2D eigenvalue weighted by Crippen LogP contribution is -2.53. The summed E-state index contributed by atoms with van der Waals surface area (Å²) in [6, 6.07) is 11.7. The van der Waals surface area contributed by atoms with Crippen molar-refractivity contribution in [2.75, 3.05) is 25.1 Å². The van der Waals surface area contributed by atoms with Gasteiger partial charge in [0, 0.05) is 56.9 Å². The number of ketones is 2. The van der Waals surface area contributed by atoms with Gasteiger partial charge in [-0.25, -0.2) is 4.79 Å². The van der Waals surface area contributed by atoms with E-state index < -0.39 is 127 Å². The van der Waals surface area contributed by atoms with Crippen molar-refractivity contribution in [1.82, 2.24) is 31.9 Å². The van der Waals surface area contributed by atoms with Gasteiger partial charge in [-0.2, -0.15) is 11.8 Å². The summed E-state index contributed by atoms with van der Waals surface area (Å²) < 4.78 is 4.73. The van der Waals surface area contributed by atoms with Crippen LogP contribution in [0.5, 0.6) is 0 Å². The van der Waals surface area contributed by atoms with Crippen LogP contribution in [0, 0.1) is 11.8 Å². The van der Waals surface area contributed by atoms with Crippen LogP contribution in [-0.4, -0.2) is 147 Å². The molecule has 0 bridgehead atoms. The number of carbonyl (C=O) groups excluding carboxylic acids is 7. The predicted octanol–water partition coefficient (Wildman–Crippen LogP) is -0.474. The van der Waals surface area contributed by atoms with Gasteiger partial charge in [0.15, 0.2) is 22.9 Å². The molecule has 0 spiro atoms. The molecule has 0 saturated carbocycles. The Morgan fingerprint density at radius 2 is 1.24 bits per heavy atom. The Kier molecular flexibility index (Phi) is 27.0. The molecule has 0 radical (unpaired) electrons. The summed E-state index contributed by atoms with van der Waals surface area (Å²) in [5.74, 6) is -11.7. The standard InChI is InChI=1S/C45H59N7O16S2/c1-70-24-29(43(64)65)21-35(55)33(22-40(60)61)50-42(63)30(46)23-48-41(62)28(18-26-8-4-2-5-9-26)20-34(54)32(19-27-10-6-3-7-11-27)49-37(57)16-17-47-36(56)13-12-31(44(66)67)51-45(69)52-38(68-25-53)14-15-39(58)59/h2-11,25,28-33,38H,12-24,46H2,1H3,(H,47,56)(H,48,62)(H,49,57)(H,50,63)(H,58,59)(H,60,61)(H,64,65)(H,66,67)(H2,51,52,69)/t28-,29+,30+,31+,32+,33+,38-/m1/s1. The molecule has 2 aromatic rings. The lowest BCUT2D eigenvalue weighted by atomic mass is 9.89. The Bertz CT molecular complexity index is 2140. The Hall–Kier alpha value is -6.99. The molecule has 12 N–H and O–H groups in total. The molecule has 0 aliphatic carbocycles. The minimum atomic E-state index is -1.60. The van der Waals surface area contributed by atoms with E-state index in [0.717, 1.165) is 0 Å². The van der Waals surface area contributed by atoms with E-state index in [2.05, 4.69) is 31.9 Å². The third-order valence-corrected chi connectivity index (χ3v) is 11.3. The topological polar surface area (TPSA) is 376 Å². The van der Waals surface area contributed by atoms with Crippen LogP contribution in [0.1, 0.15) is 62.5 Å². The van der Waals surface area contributed by atoms with E-state index in [1.807, 2.05) is 0 Å². The number of benzene rings is 2. The van der Waals surface area contributed by atoms with Crippen molar-refractivity contribution in [3.05, 3.63) is 71.8 Å². The van der Waals surface area contributed by atoms with E-state index in [9.17, 15) is 68.1 Å². The largest absolute Gasteiger partial charge is 0.481 e. The SMILES string of the molecule is CSC[C@H](CC(=O)[C@H](CC(=O)O)NC(=O)[C@@H](N)CNC(=O)[C@@H](CC(=O)[C@H](Cc1ccccc1)NC(=O)CCNC(=O)CC[C@H](NC(=S)N[C@@H](CCC(=O)O)OC=O)C(=O)O)Cc1ccccc1)C(=O)O. The lowest BCUT2D eigenvalue weighted by Gasteiger charge is -2.23. The first-order valence-electron chi connectivity index (χ1n) is 21.8. The number of thioether (sulfide) groups is 1. The van der Waals surface area contributed by atoms with Crippen molar-refractivity contribution < 1.29 is 77.9 Å². The first kappa shape index (κ1) is 59.1. The minimum Gasteiger partial charge on any atom is -0.481 e. The van der Waals surface area contributed by atoms with Gasteiger partial charge < -0.3 is 62.8 Å². The van der Waals surface area contributed by atoms with E-state index in [0.29, 0.717) is 11.1 Å². The minimum absolute atomic E-state index is 0.0189. The summed E-state index contributed by atoms with van der Waals surface area (Å²) >= 11 is 6.23. The van der Waals surface area contributed by atoms with Gasteiger partial charge in [-0.1, -0.05) is 60.7 Å². The molecule has 7 atom stereocenters. The van der Waals surface area contributed by atoms with Gasteiger partial charge >= 0.3 is 23.9 Å². The fraction of sp³-hybridized carbons (Fsp3) is 0.467. The molecule has 2 rings (SSSR count). The number of ether oxygens (including phenoxy) is 1.